The zero-order valence-corrected chi connectivity index (χ0v) is 14.7. The Morgan fingerprint density at radius 3 is 2.61 bits per heavy atom. The zero-order chi connectivity index (χ0) is 17.0. The number of hydrogen-bond acceptors (Lipinski definition) is 7. The Labute approximate surface area is 139 Å². The summed E-state index contributed by atoms with van der Waals surface area (Å²) in [5.74, 6) is -0.421. The molecule has 8 heteroatoms. The number of anilines is 1. The van der Waals surface area contributed by atoms with E-state index in [0.717, 1.165) is 24.2 Å². The van der Waals surface area contributed by atoms with Gasteiger partial charge in [0, 0.05) is 12.6 Å². The Balaban J connectivity index is 2.08. The molecule has 0 saturated heterocycles. The molecule has 128 valence electrons. The summed E-state index contributed by atoms with van der Waals surface area (Å²) in [5.41, 5.74) is -0.00630. The van der Waals surface area contributed by atoms with Crippen LogP contribution in [0.4, 0.5) is 9.93 Å². The largest absolute Gasteiger partial charge is 0.462 e. The third-order valence-electron chi connectivity index (χ3n) is 2.90. The maximum atomic E-state index is 12.0. The summed E-state index contributed by atoms with van der Waals surface area (Å²) in [6.07, 6.45) is 1.69. The lowest BCUT2D eigenvalue weighted by molar-refractivity contribution is 0.0529. The van der Waals surface area contributed by atoms with Gasteiger partial charge in [-0.3, -0.25) is 5.32 Å². The van der Waals surface area contributed by atoms with Crippen LogP contribution in [0.15, 0.2) is 0 Å². The van der Waals surface area contributed by atoms with Gasteiger partial charge in [-0.2, -0.15) is 0 Å². The molecule has 1 saturated carbocycles. The van der Waals surface area contributed by atoms with E-state index in [0.29, 0.717) is 34.9 Å². The van der Waals surface area contributed by atoms with Gasteiger partial charge in [-0.25, -0.2) is 14.6 Å². The van der Waals surface area contributed by atoms with Gasteiger partial charge in [0.25, 0.3) is 0 Å². The van der Waals surface area contributed by atoms with Gasteiger partial charge < -0.3 is 14.8 Å². The summed E-state index contributed by atoms with van der Waals surface area (Å²) in [6, 6.07) is 0.494. The van der Waals surface area contributed by atoms with E-state index in [1.807, 2.05) is 0 Å². The number of amides is 1. The average molecular weight is 341 g/mol. The molecular weight excluding hydrogens is 318 g/mol. The van der Waals surface area contributed by atoms with Gasteiger partial charge in [0.05, 0.1) is 12.3 Å². The summed E-state index contributed by atoms with van der Waals surface area (Å²) in [5, 5.41) is 6.21. The highest BCUT2D eigenvalue weighted by molar-refractivity contribution is 7.17. The standard InChI is InChI=1S/C15H23N3O4S/c1-5-21-12(19)11-10(8-16-9-6-7-9)17-13(23-11)18-14(20)22-15(2,3)4/h9,16H,5-8H2,1-4H3,(H,17,18,20). The van der Waals surface area contributed by atoms with E-state index >= 15 is 0 Å². The van der Waals surface area contributed by atoms with Gasteiger partial charge >= 0.3 is 12.1 Å². The molecule has 23 heavy (non-hydrogen) atoms. The lowest BCUT2D eigenvalue weighted by atomic mass is 10.2. The van der Waals surface area contributed by atoms with Crippen molar-refractivity contribution < 1.29 is 19.1 Å². The van der Waals surface area contributed by atoms with Crippen LogP contribution in [0, 0.1) is 0 Å². The van der Waals surface area contributed by atoms with Crippen LogP contribution in [0.3, 0.4) is 0 Å². The number of thiazole rings is 1. The molecular formula is C15H23N3O4S. The van der Waals surface area contributed by atoms with Gasteiger partial charge in [-0.15, -0.1) is 0 Å². The second-order valence-electron chi connectivity index (χ2n) is 6.30. The third-order valence-corrected chi connectivity index (χ3v) is 3.89. The summed E-state index contributed by atoms with van der Waals surface area (Å²) < 4.78 is 10.2. The highest BCUT2D eigenvalue weighted by atomic mass is 32.1. The van der Waals surface area contributed by atoms with Crippen LogP contribution in [0.25, 0.3) is 0 Å². The van der Waals surface area contributed by atoms with Crippen molar-refractivity contribution in [1.29, 1.82) is 0 Å². The number of esters is 1. The Hall–Kier alpha value is -1.67. The number of aromatic nitrogens is 1. The van der Waals surface area contributed by atoms with Crippen molar-refractivity contribution in [2.75, 3.05) is 11.9 Å². The van der Waals surface area contributed by atoms with Crippen LogP contribution in [0.2, 0.25) is 0 Å². The van der Waals surface area contributed by atoms with E-state index in [2.05, 4.69) is 15.6 Å². The summed E-state index contributed by atoms with van der Waals surface area (Å²) in [6.45, 7) is 7.86. The molecule has 1 fully saturated rings. The second-order valence-corrected chi connectivity index (χ2v) is 7.30. The van der Waals surface area contributed by atoms with Crippen LogP contribution in [0.5, 0.6) is 0 Å². The second kappa shape index (κ2) is 7.27. The molecule has 1 aromatic rings. The molecule has 1 aromatic heterocycles. The van der Waals surface area contributed by atoms with Gasteiger partial charge in [0.2, 0.25) is 0 Å². The van der Waals surface area contributed by atoms with Crippen LogP contribution >= 0.6 is 11.3 Å². The monoisotopic (exact) mass is 341 g/mol. The SMILES string of the molecule is CCOC(=O)c1sc(NC(=O)OC(C)(C)C)nc1CNC1CC1. The number of hydrogen-bond donors (Lipinski definition) is 2. The minimum absolute atomic E-state index is 0.293. The molecule has 0 unspecified atom stereocenters. The molecule has 1 aliphatic carbocycles. The predicted molar refractivity (Wildman–Crippen MR) is 87.8 cm³/mol. The normalized spacial score (nSPS) is 14.4. The fraction of sp³-hybridized carbons (Fsp3) is 0.667. The Kier molecular flexibility index (Phi) is 5.59. The van der Waals surface area contributed by atoms with Gasteiger partial charge in [-0.05, 0) is 40.5 Å². The fourth-order valence-electron chi connectivity index (χ4n) is 1.80. The lowest BCUT2D eigenvalue weighted by Crippen LogP contribution is -2.27. The first-order valence-corrected chi connectivity index (χ1v) is 8.50. The van der Waals surface area contributed by atoms with Gasteiger partial charge in [0.1, 0.15) is 10.5 Å². The van der Waals surface area contributed by atoms with Crippen molar-refractivity contribution in [3.63, 3.8) is 0 Å². The van der Waals surface area contributed by atoms with Crippen molar-refractivity contribution in [3.05, 3.63) is 10.6 Å². The van der Waals surface area contributed by atoms with Crippen molar-refractivity contribution in [3.8, 4) is 0 Å². The smallest absolute Gasteiger partial charge is 0.413 e. The number of carbonyl (C=O) groups excluding carboxylic acids is 2. The molecule has 2 rings (SSSR count). The quantitative estimate of drug-likeness (QED) is 0.773. The molecule has 0 aromatic carbocycles. The van der Waals surface area contributed by atoms with E-state index in [4.69, 9.17) is 9.47 Å². The first kappa shape index (κ1) is 17.7. The molecule has 1 aliphatic rings. The average Bonchev–Trinajstić information content (AvgIpc) is 3.15. The minimum atomic E-state index is -0.596. The molecule has 0 aliphatic heterocycles. The molecule has 1 amide bonds. The summed E-state index contributed by atoms with van der Waals surface area (Å²) in [4.78, 5) is 28.6. The third kappa shape index (κ3) is 5.80. The zero-order valence-electron chi connectivity index (χ0n) is 13.9. The molecule has 0 atom stereocenters. The number of nitrogens with zero attached hydrogens (tertiary/aromatic N) is 1. The maximum absolute atomic E-state index is 12.0. The molecule has 1 heterocycles. The Bertz CT molecular complexity index is 576. The van der Waals surface area contributed by atoms with E-state index in [9.17, 15) is 9.59 Å². The number of rotatable bonds is 6. The van der Waals surface area contributed by atoms with Crippen LogP contribution in [-0.4, -0.2) is 35.3 Å². The summed E-state index contributed by atoms with van der Waals surface area (Å²) in [7, 11) is 0. The summed E-state index contributed by atoms with van der Waals surface area (Å²) >= 11 is 1.10. The topological polar surface area (TPSA) is 89.5 Å². The van der Waals surface area contributed by atoms with Crippen LogP contribution in [-0.2, 0) is 16.0 Å². The Morgan fingerprint density at radius 2 is 2.04 bits per heavy atom. The minimum Gasteiger partial charge on any atom is -0.462 e. The number of ether oxygens (including phenoxy) is 2. The van der Waals surface area contributed by atoms with Crippen molar-refractivity contribution in [2.45, 2.75) is 58.7 Å². The number of nitrogens with one attached hydrogen (secondary N) is 2. The number of carbonyl (C=O) groups is 2. The first-order valence-electron chi connectivity index (χ1n) is 7.68. The van der Waals surface area contributed by atoms with Crippen LogP contribution in [0.1, 0.15) is 55.9 Å². The maximum Gasteiger partial charge on any atom is 0.413 e. The molecule has 0 spiro atoms. The highest BCUT2D eigenvalue weighted by Crippen LogP contribution is 2.26. The van der Waals surface area contributed by atoms with E-state index in [1.54, 1.807) is 27.7 Å². The van der Waals surface area contributed by atoms with E-state index in [1.165, 1.54) is 0 Å². The fourth-order valence-corrected chi connectivity index (χ4v) is 2.66. The highest BCUT2D eigenvalue weighted by Gasteiger charge is 2.25. The molecule has 7 nitrogen and oxygen atoms in total. The molecule has 0 bridgehead atoms. The molecule has 0 radical (unpaired) electrons. The van der Waals surface area contributed by atoms with Crippen molar-refractivity contribution in [1.82, 2.24) is 10.3 Å². The van der Waals surface area contributed by atoms with Crippen molar-refractivity contribution >= 4 is 28.5 Å². The van der Waals surface area contributed by atoms with E-state index in [-0.39, 0.29) is 0 Å². The Morgan fingerprint density at radius 1 is 1.35 bits per heavy atom. The van der Waals surface area contributed by atoms with Crippen molar-refractivity contribution in [2.24, 2.45) is 0 Å². The van der Waals surface area contributed by atoms with E-state index < -0.39 is 17.7 Å². The predicted octanol–water partition coefficient (Wildman–Crippen LogP) is 2.92. The van der Waals surface area contributed by atoms with Gasteiger partial charge in [0.15, 0.2) is 5.13 Å². The van der Waals surface area contributed by atoms with Gasteiger partial charge in [-0.1, -0.05) is 11.3 Å². The molecule has 2 N–H and O–H groups in total. The van der Waals surface area contributed by atoms with Crippen LogP contribution < -0.4 is 10.6 Å². The first-order chi connectivity index (χ1) is 10.8. The lowest BCUT2D eigenvalue weighted by Gasteiger charge is -2.18.